The summed E-state index contributed by atoms with van der Waals surface area (Å²) in [6.45, 7) is 26.3. The van der Waals surface area contributed by atoms with E-state index in [1.165, 1.54) is 6.42 Å². The number of nitrogens with zero attached hydrogens (tertiary/aromatic N) is 2. The number of ether oxygens (including phenoxy) is 2. The van der Waals surface area contributed by atoms with Crippen LogP contribution in [-0.2, 0) is 19.1 Å². The zero-order valence-electron chi connectivity index (χ0n) is 26.7. The smallest absolute Gasteiger partial charge is 0.320 e. The number of hydrogen-bond donors (Lipinski definition) is 0. The molecule has 222 valence electrons. The van der Waals surface area contributed by atoms with E-state index in [2.05, 4.69) is 86.0 Å². The highest BCUT2D eigenvalue weighted by Crippen LogP contribution is 2.41. The van der Waals surface area contributed by atoms with Gasteiger partial charge in [0.15, 0.2) is 5.92 Å². The second kappa shape index (κ2) is 13.0. The van der Waals surface area contributed by atoms with Crippen molar-refractivity contribution >= 4 is 11.9 Å². The van der Waals surface area contributed by atoms with Crippen LogP contribution in [0, 0.1) is 5.92 Å². The summed E-state index contributed by atoms with van der Waals surface area (Å²) in [5.41, 5.74) is -0.325. The van der Waals surface area contributed by atoms with Crippen molar-refractivity contribution in [1.29, 1.82) is 0 Å². The van der Waals surface area contributed by atoms with Gasteiger partial charge in [0.05, 0.1) is 0 Å². The van der Waals surface area contributed by atoms with E-state index in [0.29, 0.717) is 6.42 Å². The summed E-state index contributed by atoms with van der Waals surface area (Å²) in [7, 11) is 0. The number of unbranched alkanes of at least 4 members (excludes halogenated alkanes) is 4. The number of piperidine rings is 2. The number of carbonyl (C=O) groups excluding carboxylic acids is 2. The van der Waals surface area contributed by atoms with E-state index in [1.807, 2.05) is 0 Å². The van der Waals surface area contributed by atoms with Crippen LogP contribution in [0.2, 0.25) is 0 Å². The van der Waals surface area contributed by atoms with Crippen LogP contribution in [0.15, 0.2) is 0 Å². The maximum atomic E-state index is 13.6. The van der Waals surface area contributed by atoms with Gasteiger partial charge in [0.1, 0.15) is 12.2 Å². The number of carbonyl (C=O) groups is 2. The van der Waals surface area contributed by atoms with Crippen LogP contribution in [0.5, 0.6) is 0 Å². The molecule has 0 radical (unpaired) electrons. The molecule has 2 aliphatic heterocycles. The van der Waals surface area contributed by atoms with E-state index in [9.17, 15) is 9.59 Å². The lowest BCUT2D eigenvalue weighted by Gasteiger charge is -2.54. The Labute approximate surface area is 234 Å². The first-order valence-corrected chi connectivity index (χ1v) is 15.5. The second-order valence-corrected chi connectivity index (χ2v) is 14.4. The SMILES string of the molecule is CCCCCCCC(C(=O)OC1CC(C)(C)N(CC)C(C)(C)C1)C(=O)OC1CC(C)(C)N(CC)C(C)(C)C1. The molecule has 2 fully saturated rings. The maximum absolute atomic E-state index is 13.6. The maximum Gasteiger partial charge on any atom is 0.320 e. The minimum Gasteiger partial charge on any atom is -0.462 e. The molecule has 0 aromatic rings. The van der Waals surface area contributed by atoms with Crippen LogP contribution < -0.4 is 0 Å². The average molecular weight is 537 g/mol. The molecule has 2 aliphatic rings. The van der Waals surface area contributed by atoms with Crippen molar-refractivity contribution in [2.24, 2.45) is 5.92 Å². The van der Waals surface area contributed by atoms with Gasteiger partial charge in [-0.15, -0.1) is 0 Å². The van der Waals surface area contributed by atoms with Crippen LogP contribution >= 0.6 is 0 Å². The Bertz CT molecular complexity index is 694. The summed E-state index contributed by atoms with van der Waals surface area (Å²) in [5.74, 6) is -1.63. The fraction of sp³-hybridized carbons (Fsp3) is 0.938. The standard InChI is InChI=1S/C32H60N2O4/c1-12-15-16-17-18-19-26(27(35)37-24-20-29(4,5)33(13-2)30(6,7)21-24)28(36)38-25-22-31(8,9)34(14-3)32(10,11)23-25/h24-26H,12-23H2,1-11H3. The van der Waals surface area contributed by atoms with E-state index in [-0.39, 0.29) is 34.4 Å². The molecule has 2 heterocycles. The number of rotatable bonds is 12. The van der Waals surface area contributed by atoms with E-state index in [0.717, 1.165) is 64.5 Å². The molecule has 0 spiro atoms. The molecule has 0 amide bonds. The third-order valence-electron chi connectivity index (χ3n) is 9.20. The van der Waals surface area contributed by atoms with Gasteiger partial charge < -0.3 is 9.47 Å². The Kier molecular flexibility index (Phi) is 11.3. The highest BCUT2D eigenvalue weighted by atomic mass is 16.6. The predicted octanol–water partition coefficient (Wildman–Crippen LogP) is 7.13. The summed E-state index contributed by atoms with van der Waals surface area (Å²) in [4.78, 5) is 32.2. The first-order valence-electron chi connectivity index (χ1n) is 15.5. The van der Waals surface area contributed by atoms with E-state index >= 15 is 0 Å². The molecule has 0 aromatic heterocycles. The Morgan fingerprint density at radius 2 is 0.974 bits per heavy atom. The van der Waals surface area contributed by atoms with Crippen LogP contribution in [0.25, 0.3) is 0 Å². The lowest BCUT2D eigenvalue weighted by atomic mass is 9.78. The monoisotopic (exact) mass is 536 g/mol. The molecule has 6 nitrogen and oxygen atoms in total. The second-order valence-electron chi connectivity index (χ2n) is 14.4. The van der Waals surface area contributed by atoms with Crippen molar-refractivity contribution in [3.63, 3.8) is 0 Å². The van der Waals surface area contributed by atoms with Gasteiger partial charge in [0.2, 0.25) is 0 Å². The average Bonchev–Trinajstić information content (AvgIpc) is 2.73. The number of likely N-dealkylation sites (tertiary alicyclic amines) is 2. The number of hydrogen-bond acceptors (Lipinski definition) is 6. The quantitative estimate of drug-likeness (QED) is 0.150. The minimum atomic E-state index is -0.845. The van der Waals surface area contributed by atoms with Crippen molar-refractivity contribution in [3.8, 4) is 0 Å². The summed E-state index contributed by atoms with van der Waals surface area (Å²) in [6.07, 6.45) is 8.52. The Hall–Kier alpha value is -1.14. The van der Waals surface area contributed by atoms with Gasteiger partial charge in [-0.25, -0.2) is 0 Å². The Balaban J connectivity index is 2.15. The molecule has 0 N–H and O–H groups in total. The van der Waals surface area contributed by atoms with Crippen molar-refractivity contribution in [2.75, 3.05) is 13.1 Å². The molecule has 2 saturated heterocycles. The first-order chi connectivity index (χ1) is 17.5. The topological polar surface area (TPSA) is 59.1 Å². The van der Waals surface area contributed by atoms with Gasteiger partial charge in [-0.3, -0.25) is 19.4 Å². The molecule has 38 heavy (non-hydrogen) atoms. The highest BCUT2D eigenvalue weighted by Gasteiger charge is 2.48. The van der Waals surface area contributed by atoms with Gasteiger partial charge in [-0.1, -0.05) is 52.9 Å². The van der Waals surface area contributed by atoms with Gasteiger partial charge in [-0.2, -0.15) is 0 Å². The van der Waals surface area contributed by atoms with Crippen molar-refractivity contribution in [1.82, 2.24) is 9.80 Å². The Morgan fingerprint density at radius 1 is 0.632 bits per heavy atom. The summed E-state index contributed by atoms with van der Waals surface area (Å²) >= 11 is 0. The van der Waals surface area contributed by atoms with Crippen LogP contribution in [0.4, 0.5) is 0 Å². The van der Waals surface area contributed by atoms with Crippen LogP contribution in [0.1, 0.15) is 140 Å². The zero-order chi connectivity index (χ0) is 28.9. The molecule has 0 saturated carbocycles. The lowest BCUT2D eigenvalue weighted by Crippen LogP contribution is -2.62. The summed E-state index contributed by atoms with van der Waals surface area (Å²) in [6, 6.07) is 0. The lowest BCUT2D eigenvalue weighted by molar-refractivity contribution is -0.178. The number of esters is 2. The molecule has 0 unspecified atom stereocenters. The molecule has 0 aromatic carbocycles. The fourth-order valence-corrected chi connectivity index (χ4v) is 8.11. The van der Waals surface area contributed by atoms with Gasteiger partial charge in [-0.05, 0) is 74.9 Å². The van der Waals surface area contributed by atoms with E-state index in [4.69, 9.17) is 9.47 Å². The normalized spacial score (nSPS) is 23.9. The molecule has 0 bridgehead atoms. The van der Waals surface area contributed by atoms with Gasteiger partial charge in [0, 0.05) is 47.8 Å². The minimum absolute atomic E-state index is 0.0813. The van der Waals surface area contributed by atoms with Crippen molar-refractivity contribution < 1.29 is 19.1 Å². The summed E-state index contributed by atoms with van der Waals surface area (Å²) < 4.78 is 12.3. The molecule has 2 rings (SSSR count). The van der Waals surface area contributed by atoms with Crippen LogP contribution in [0.3, 0.4) is 0 Å². The van der Waals surface area contributed by atoms with E-state index in [1.54, 1.807) is 0 Å². The largest absolute Gasteiger partial charge is 0.462 e. The molecule has 0 aliphatic carbocycles. The fourth-order valence-electron chi connectivity index (χ4n) is 8.11. The Morgan fingerprint density at radius 3 is 1.29 bits per heavy atom. The predicted molar refractivity (Wildman–Crippen MR) is 156 cm³/mol. The zero-order valence-corrected chi connectivity index (χ0v) is 26.7. The summed E-state index contributed by atoms with van der Waals surface area (Å²) in [5, 5.41) is 0. The molecular weight excluding hydrogens is 476 g/mol. The van der Waals surface area contributed by atoms with Crippen molar-refractivity contribution in [2.45, 2.75) is 175 Å². The first kappa shape index (κ1) is 33.1. The third-order valence-corrected chi connectivity index (χ3v) is 9.20. The third kappa shape index (κ3) is 8.19. The highest BCUT2D eigenvalue weighted by molar-refractivity contribution is 5.95. The molecular formula is C32H60N2O4. The molecule has 0 atom stereocenters. The van der Waals surface area contributed by atoms with Crippen LogP contribution in [-0.4, -0.2) is 69.2 Å². The van der Waals surface area contributed by atoms with Gasteiger partial charge >= 0.3 is 11.9 Å². The van der Waals surface area contributed by atoms with E-state index < -0.39 is 17.9 Å². The van der Waals surface area contributed by atoms with Gasteiger partial charge in [0.25, 0.3) is 0 Å². The van der Waals surface area contributed by atoms with Crippen molar-refractivity contribution in [3.05, 3.63) is 0 Å². The molecule has 6 heteroatoms.